The van der Waals surface area contributed by atoms with Crippen LogP contribution in [-0.2, 0) is 19.6 Å². The van der Waals surface area contributed by atoms with Crippen molar-refractivity contribution >= 4 is 15.9 Å². The number of likely N-dealkylation sites (tertiary alicyclic amines) is 1. The molecule has 1 aromatic rings. The Morgan fingerprint density at radius 3 is 2.56 bits per heavy atom. The predicted octanol–water partition coefficient (Wildman–Crippen LogP) is 1.39. The Kier molecular flexibility index (Phi) is 9.42. The van der Waals surface area contributed by atoms with Gasteiger partial charge in [-0.25, -0.2) is 17.5 Å². The molecule has 2 fully saturated rings. The number of benzene rings is 1. The number of hydrogen-bond acceptors (Lipinski definition) is 6. The summed E-state index contributed by atoms with van der Waals surface area (Å²) < 4.78 is 46.0. The Morgan fingerprint density at radius 2 is 1.88 bits per heavy atom. The number of amides is 1. The Balaban J connectivity index is 1.39. The molecule has 1 amide bonds. The van der Waals surface area contributed by atoms with Crippen molar-refractivity contribution in [3.05, 3.63) is 30.1 Å². The number of nitrogens with one attached hydrogen (secondary N) is 2. The first kappa shape index (κ1) is 25.0. The molecule has 2 heterocycles. The van der Waals surface area contributed by atoms with Gasteiger partial charge in [0.15, 0.2) is 0 Å². The zero-order valence-corrected chi connectivity index (χ0v) is 19.2. The number of ether oxygens (including phenoxy) is 1. The molecule has 8 nitrogen and oxygen atoms in total. The van der Waals surface area contributed by atoms with E-state index in [0.717, 1.165) is 31.8 Å². The smallest absolute Gasteiger partial charge is 0.240 e. The quantitative estimate of drug-likeness (QED) is 0.476. The lowest BCUT2D eigenvalue weighted by Crippen LogP contribution is -2.51. The number of piperidine rings is 1. The molecule has 3 rings (SSSR count). The largest absolute Gasteiger partial charge is 0.394 e. The van der Waals surface area contributed by atoms with Crippen molar-refractivity contribution in [2.45, 2.75) is 68.1 Å². The van der Waals surface area contributed by atoms with Crippen LogP contribution in [-0.4, -0.2) is 75.4 Å². The number of aliphatic hydroxyl groups excluding tert-OH is 1. The molecular formula is C22H34FN3O5S. The minimum Gasteiger partial charge on any atom is -0.394 e. The maximum Gasteiger partial charge on any atom is 0.240 e. The van der Waals surface area contributed by atoms with E-state index in [0.29, 0.717) is 25.7 Å². The van der Waals surface area contributed by atoms with Gasteiger partial charge in [0, 0.05) is 19.5 Å². The van der Waals surface area contributed by atoms with Crippen LogP contribution in [0.5, 0.6) is 0 Å². The zero-order chi connectivity index (χ0) is 23.0. The highest BCUT2D eigenvalue weighted by molar-refractivity contribution is 7.89. The first-order valence-corrected chi connectivity index (χ1v) is 12.9. The van der Waals surface area contributed by atoms with Gasteiger partial charge in [-0.15, -0.1) is 0 Å². The minimum absolute atomic E-state index is 0.00373. The van der Waals surface area contributed by atoms with Gasteiger partial charge in [0.1, 0.15) is 11.9 Å². The number of carbonyl (C=O) groups excluding carboxylic acids is 1. The molecule has 0 aromatic heterocycles. The summed E-state index contributed by atoms with van der Waals surface area (Å²) in [5, 5.41) is 12.7. The monoisotopic (exact) mass is 471 g/mol. The second-order valence-electron chi connectivity index (χ2n) is 8.52. The van der Waals surface area contributed by atoms with Gasteiger partial charge in [-0.2, -0.15) is 0 Å². The molecule has 0 bridgehead atoms. The molecule has 2 aliphatic rings. The SMILES string of the molecule is O=C(CCN1CCCCC1)N[C@@H]1CC[C@@H](CCNS(=O)(=O)c2ccc(F)cc2)O[C@@H]1CO. The van der Waals surface area contributed by atoms with Crippen LogP contribution >= 0.6 is 0 Å². The lowest BCUT2D eigenvalue weighted by atomic mass is 9.97. The van der Waals surface area contributed by atoms with Crippen molar-refractivity contribution in [3.63, 3.8) is 0 Å². The van der Waals surface area contributed by atoms with Gasteiger partial charge in [0.2, 0.25) is 15.9 Å². The van der Waals surface area contributed by atoms with E-state index in [1.165, 1.54) is 31.4 Å². The highest BCUT2D eigenvalue weighted by atomic mass is 32.2. The van der Waals surface area contributed by atoms with Crippen molar-refractivity contribution < 1.29 is 27.4 Å². The first-order chi connectivity index (χ1) is 15.4. The minimum atomic E-state index is -3.72. The Bertz CT molecular complexity index is 830. The fourth-order valence-corrected chi connectivity index (χ4v) is 5.33. The molecule has 0 spiro atoms. The molecule has 0 saturated carbocycles. The van der Waals surface area contributed by atoms with Crippen LogP contribution in [0.2, 0.25) is 0 Å². The van der Waals surface area contributed by atoms with Gasteiger partial charge in [-0.05, 0) is 69.5 Å². The molecular weight excluding hydrogens is 437 g/mol. The number of hydrogen-bond donors (Lipinski definition) is 3. The summed E-state index contributed by atoms with van der Waals surface area (Å²) in [6.45, 7) is 2.79. The van der Waals surface area contributed by atoms with E-state index in [2.05, 4.69) is 14.9 Å². The maximum absolute atomic E-state index is 13.0. The average Bonchev–Trinajstić information content (AvgIpc) is 2.79. The van der Waals surface area contributed by atoms with Gasteiger partial charge in [-0.1, -0.05) is 6.42 Å². The molecule has 0 radical (unpaired) electrons. The van der Waals surface area contributed by atoms with E-state index in [4.69, 9.17) is 4.74 Å². The molecule has 1 aromatic carbocycles. The van der Waals surface area contributed by atoms with Gasteiger partial charge >= 0.3 is 0 Å². The first-order valence-electron chi connectivity index (χ1n) is 11.4. The molecule has 3 N–H and O–H groups in total. The van der Waals surface area contributed by atoms with E-state index < -0.39 is 21.9 Å². The second-order valence-corrected chi connectivity index (χ2v) is 10.3. The van der Waals surface area contributed by atoms with E-state index >= 15 is 0 Å². The van der Waals surface area contributed by atoms with Crippen LogP contribution in [0.3, 0.4) is 0 Å². The van der Waals surface area contributed by atoms with Gasteiger partial charge < -0.3 is 20.1 Å². The fourth-order valence-electron chi connectivity index (χ4n) is 4.28. The van der Waals surface area contributed by atoms with Crippen LogP contribution in [0, 0.1) is 5.82 Å². The normalized spacial score (nSPS) is 24.9. The Morgan fingerprint density at radius 1 is 1.16 bits per heavy atom. The maximum atomic E-state index is 13.0. The van der Waals surface area contributed by atoms with E-state index in [9.17, 15) is 22.7 Å². The van der Waals surface area contributed by atoms with E-state index in [1.807, 2.05) is 0 Å². The molecule has 2 aliphatic heterocycles. The van der Waals surface area contributed by atoms with E-state index in [1.54, 1.807) is 0 Å². The highest BCUT2D eigenvalue weighted by Crippen LogP contribution is 2.22. The molecule has 32 heavy (non-hydrogen) atoms. The van der Waals surface area contributed by atoms with Crippen molar-refractivity contribution in [1.82, 2.24) is 14.9 Å². The number of carbonyl (C=O) groups is 1. The lowest BCUT2D eigenvalue weighted by Gasteiger charge is -2.36. The standard InChI is InChI=1S/C22H34FN3O5S/c23-17-4-7-19(8-5-17)32(29,30)24-12-10-18-6-9-20(21(16-27)31-18)25-22(28)11-15-26-13-2-1-3-14-26/h4-5,7-8,18,20-21,24,27H,1-3,6,9-16H2,(H,25,28)/t18-,20+,21+/m0/s1. The van der Waals surface area contributed by atoms with Gasteiger partial charge in [-0.3, -0.25) is 4.79 Å². The molecule has 0 unspecified atom stereocenters. The number of rotatable bonds is 10. The van der Waals surface area contributed by atoms with Crippen molar-refractivity contribution in [3.8, 4) is 0 Å². The molecule has 0 aliphatic carbocycles. The van der Waals surface area contributed by atoms with Crippen LogP contribution in [0.1, 0.15) is 44.9 Å². The van der Waals surface area contributed by atoms with Crippen LogP contribution in [0.4, 0.5) is 4.39 Å². The number of nitrogens with zero attached hydrogens (tertiary/aromatic N) is 1. The van der Waals surface area contributed by atoms with Crippen LogP contribution in [0.25, 0.3) is 0 Å². The third-order valence-electron chi connectivity index (χ3n) is 6.13. The summed E-state index contributed by atoms with van der Waals surface area (Å²) in [7, 11) is -3.72. The van der Waals surface area contributed by atoms with Crippen molar-refractivity contribution in [2.75, 3.05) is 32.8 Å². The van der Waals surface area contributed by atoms with E-state index in [-0.39, 0.29) is 36.1 Å². The summed E-state index contributed by atoms with van der Waals surface area (Å²) in [6, 6.07) is 4.39. The summed E-state index contributed by atoms with van der Waals surface area (Å²) in [5.74, 6) is -0.532. The number of aliphatic hydroxyl groups is 1. The third-order valence-corrected chi connectivity index (χ3v) is 7.61. The van der Waals surface area contributed by atoms with Crippen molar-refractivity contribution in [2.24, 2.45) is 0 Å². The van der Waals surface area contributed by atoms with Gasteiger partial charge in [0.25, 0.3) is 0 Å². The molecule has 3 atom stereocenters. The Labute approximate surface area is 189 Å². The summed E-state index contributed by atoms with van der Waals surface area (Å²) in [6.07, 6.45) is 5.09. The summed E-state index contributed by atoms with van der Waals surface area (Å²) >= 11 is 0. The van der Waals surface area contributed by atoms with Crippen LogP contribution in [0.15, 0.2) is 29.2 Å². The average molecular weight is 472 g/mol. The number of sulfonamides is 1. The molecule has 10 heteroatoms. The lowest BCUT2D eigenvalue weighted by molar-refractivity contribution is -0.128. The molecule has 180 valence electrons. The molecule has 2 saturated heterocycles. The fraction of sp³-hybridized carbons (Fsp3) is 0.682. The number of halogens is 1. The summed E-state index contributed by atoms with van der Waals surface area (Å²) in [4.78, 5) is 14.7. The Hall–Kier alpha value is -1.59. The second kappa shape index (κ2) is 12.0. The highest BCUT2D eigenvalue weighted by Gasteiger charge is 2.32. The van der Waals surface area contributed by atoms with Crippen molar-refractivity contribution in [1.29, 1.82) is 0 Å². The van der Waals surface area contributed by atoms with Gasteiger partial charge in [0.05, 0.1) is 23.6 Å². The zero-order valence-electron chi connectivity index (χ0n) is 18.3. The topological polar surface area (TPSA) is 108 Å². The summed E-state index contributed by atoms with van der Waals surface area (Å²) in [5.41, 5.74) is 0. The van der Waals surface area contributed by atoms with Crippen LogP contribution < -0.4 is 10.0 Å². The predicted molar refractivity (Wildman–Crippen MR) is 118 cm³/mol. The third kappa shape index (κ3) is 7.48.